The van der Waals surface area contributed by atoms with Gasteiger partial charge in [-0.1, -0.05) is 24.4 Å². The van der Waals surface area contributed by atoms with Crippen molar-refractivity contribution in [3.63, 3.8) is 0 Å². The van der Waals surface area contributed by atoms with Gasteiger partial charge in [0.1, 0.15) is 6.07 Å². The van der Waals surface area contributed by atoms with E-state index in [0.717, 1.165) is 12.8 Å². The standard InChI is InChI=1S/C15H15ClN2O3/c16-11-4-3-10(9-17)12(7-11)18-13(19)8-15(14(20)21)5-1-2-6-15/h3-4,7H,1-2,5-6,8H2,(H,18,19)(H,20,21). The molecular formula is C15H15ClN2O3. The fourth-order valence-electron chi connectivity index (χ4n) is 2.74. The lowest BCUT2D eigenvalue weighted by molar-refractivity contribution is -0.150. The first-order chi connectivity index (χ1) is 9.97. The highest BCUT2D eigenvalue weighted by Crippen LogP contribution is 2.41. The van der Waals surface area contributed by atoms with Crippen molar-refractivity contribution in [2.75, 3.05) is 5.32 Å². The molecule has 110 valence electrons. The Morgan fingerprint density at radius 1 is 1.38 bits per heavy atom. The molecule has 0 unspecified atom stereocenters. The molecule has 6 heteroatoms. The summed E-state index contributed by atoms with van der Waals surface area (Å²) in [6.45, 7) is 0. The zero-order chi connectivity index (χ0) is 15.5. The van der Waals surface area contributed by atoms with Crippen molar-refractivity contribution >= 4 is 29.2 Å². The van der Waals surface area contributed by atoms with E-state index in [4.69, 9.17) is 16.9 Å². The third-order valence-corrected chi connectivity index (χ3v) is 4.12. The van der Waals surface area contributed by atoms with Gasteiger partial charge in [-0.2, -0.15) is 5.26 Å². The van der Waals surface area contributed by atoms with Crippen LogP contribution in [0.25, 0.3) is 0 Å². The van der Waals surface area contributed by atoms with Crippen LogP contribution in [0.1, 0.15) is 37.7 Å². The smallest absolute Gasteiger partial charge is 0.310 e. The molecule has 5 nitrogen and oxygen atoms in total. The highest BCUT2D eigenvalue weighted by Gasteiger charge is 2.43. The second-order valence-corrected chi connectivity index (χ2v) is 5.76. The molecule has 0 aromatic heterocycles. The largest absolute Gasteiger partial charge is 0.481 e. The topological polar surface area (TPSA) is 90.2 Å². The number of carbonyl (C=O) groups excluding carboxylic acids is 1. The summed E-state index contributed by atoms with van der Waals surface area (Å²) in [4.78, 5) is 23.6. The van der Waals surface area contributed by atoms with Gasteiger partial charge in [0.25, 0.3) is 0 Å². The molecule has 1 fully saturated rings. The molecule has 1 aromatic carbocycles. The van der Waals surface area contributed by atoms with Gasteiger partial charge in [-0.05, 0) is 31.0 Å². The minimum Gasteiger partial charge on any atom is -0.481 e. The third kappa shape index (κ3) is 3.34. The molecule has 2 rings (SSSR count). The minimum atomic E-state index is -0.977. The second-order valence-electron chi connectivity index (χ2n) is 5.32. The van der Waals surface area contributed by atoms with Crippen LogP contribution in [-0.2, 0) is 9.59 Å². The number of anilines is 1. The Kier molecular flexibility index (Phi) is 4.49. The Hall–Kier alpha value is -2.06. The summed E-state index contributed by atoms with van der Waals surface area (Å²) >= 11 is 5.85. The van der Waals surface area contributed by atoms with Crippen LogP contribution < -0.4 is 5.32 Å². The maximum atomic E-state index is 12.1. The van der Waals surface area contributed by atoms with E-state index in [1.807, 2.05) is 6.07 Å². The summed E-state index contributed by atoms with van der Waals surface area (Å²) in [6, 6.07) is 6.53. The number of amides is 1. The van der Waals surface area contributed by atoms with Crippen molar-refractivity contribution in [2.45, 2.75) is 32.1 Å². The summed E-state index contributed by atoms with van der Waals surface area (Å²) in [6.07, 6.45) is 2.58. The molecule has 0 aliphatic heterocycles. The van der Waals surface area contributed by atoms with E-state index in [1.165, 1.54) is 12.1 Å². The van der Waals surface area contributed by atoms with Gasteiger partial charge in [0, 0.05) is 11.4 Å². The van der Waals surface area contributed by atoms with Gasteiger partial charge in [0.2, 0.25) is 5.91 Å². The monoisotopic (exact) mass is 306 g/mol. The fraction of sp³-hybridized carbons (Fsp3) is 0.400. The van der Waals surface area contributed by atoms with Gasteiger partial charge < -0.3 is 10.4 Å². The quantitative estimate of drug-likeness (QED) is 0.893. The van der Waals surface area contributed by atoms with Crippen LogP contribution in [0.2, 0.25) is 5.02 Å². The van der Waals surface area contributed by atoms with Crippen molar-refractivity contribution in [1.82, 2.24) is 0 Å². The molecule has 0 radical (unpaired) electrons. The van der Waals surface area contributed by atoms with E-state index < -0.39 is 17.3 Å². The molecule has 1 aromatic rings. The molecule has 2 N–H and O–H groups in total. The van der Waals surface area contributed by atoms with Gasteiger partial charge in [-0.15, -0.1) is 0 Å². The highest BCUT2D eigenvalue weighted by molar-refractivity contribution is 6.31. The van der Waals surface area contributed by atoms with Crippen molar-refractivity contribution in [2.24, 2.45) is 5.41 Å². The van der Waals surface area contributed by atoms with Crippen LogP contribution in [0.4, 0.5) is 5.69 Å². The van der Waals surface area contributed by atoms with E-state index in [9.17, 15) is 14.7 Å². The summed E-state index contributed by atoms with van der Waals surface area (Å²) in [5.74, 6) is -1.33. The maximum Gasteiger partial charge on any atom is 0.310 e. The van der Waals surface area contributed by atoms with Crippen LogP contribution in [0, 0.1) is 16.7 Å². The average molecular weight is 307 g/mol. The Labute approximate surface area is 127 Å². The molecule has 0 saturated heterocycles. The number of nitrogens with zero attached hydrogens (tertiary/aromatic N) is 1. The number of rotatable bonds is 4. The molecule has 1 saturated carbocycles. The van der Waals surface area contributed by atoms with E-state index in [-0.39, 0.29) is 6.42 Å². The van der Waals surface area contributed by atoms with Crippen LogP contribution in [0.15, 0.2) is 18.2 Å². The first kappa shape index (κ1) is 15.3. The zero-order valence-corrected chi connectivity index (χ0v) is 12.1. The number of carboxylic acid groups (broad SMARTS) is 1. The molecular weight excluding hydrogens is 292 g/mol. The van der Waals surface area contributed by atoms with Crippen molar-refractivity contribution in [3.05, 3.63) is 28.8 Å². The number of hydrogen-bond acceptors (Lipinski definition) is 3. The Balaban J connectivity index is 2.14. The minimum absolute atomic E-state index is 0.0836. The van der Waals surface area contributed by atoms with Crippen molar-refractivity contribution < 1.29 is 14.7 Å². The Morgan fingerprint density at radius 2 is 2.05 bits per heavy atom. The number of aliphatic carboxylic acids is 1. The lowest BCUT2D eigenvalue weighted by Crippen LogP contribution is -2.32. The molecule has 0 heterocycles. The van der Waals surface area contributed by atoms with Gasteiger partial charge >= 0.3 is 5.97 Å². The number of hydrogen-bond donors (Lipinski definition) is 2. The summed E-state index contributed by atoms with van der Waals surface area (Å²) in [5.41, 5.74) is -0.368. The van der Waals surface area contributed by atoms with Gasteiger partial charge in [-0.25, -0.2) is 0 Å². The predicted molar refractivity (Wildman–Crippen MR) is 78.0 cm³/mol. The fourth-order valence-corrected chi connectivity index (χ4v) is 2.91. The molecule has 0 bridgehead atoms. The number of carboxylic acids is 1. The number of nitriles is 1. The Morgan fingerprint density at radius 3 is 2.62 bits per heavy atom. The van der Waals surface area contributed by atoms with Crippen molar-refractivity contribution in [3.8, 4) is 6.07 Å². The van der Waals surface area contributed by atoms with E-state index in [2.05, 4.69) is 5.32 Å². The van der Waals surface area contributed by atoms with Crippen LogP contribution in [-0.4, -0.2) is 17.0 Å². The van der Waals surface area contributed by atoms with Crippen LogP contribution in [0.5, 0.6) is 0 Å². The summed E-state index contributed by atoms with van der Waals surface area (Å²) < 4.78 is 0. The zero-order valence-electron chi connectivity index (χ0n) is 11.4. The average Bonchev–Trinajstić information content (AvgIpc) is 2.88. The Bertz CT molecular complexity index is 616. The third-order valence-electron chi connectivity index (χ3n) is 3.89. The van der Waals surface area contributed by atoms with E-state index in [0.29, 0.717) is 29.1 Å². The molecule has 0 spiro atoms. The molecule has 0 atom stereocenters. The molecule has 1 amide bonds. The van der Waals surface area contributed by atoms with E-state index >= 15 is 0 Å². The molecule has 21 heavy (non-hydrogen) atoms. The summed E-state index contributed by atoms with van der Waals surface area (Å²) in [5, 5.41) is 21.4. The maximum absolute atomic E-state index is 12.1. The first-order valence-electron chi connectivity index (χ1n) is 6.70. The number of carbonyl (C=O) groups is 2. The SMILES string of the molecule is N#Cc1ccc(Cl)cc1NC(=O)CC1(C(=O)O)CCCC1. The molecule has 1 aliphatic rings. The van der Waals surface area contributed by atoms with Gasteiger partial charge in [0.05, 0.1) is 16.7 Å². The molecule has 1 aliphatic carbocycles. The predicted octanol–water partition coefficient (Wildman–Crippen LogP) is 3.19. The van der Waals surface area contributed by atoms with Gasteiger partial charge in [-0.3, -0.25) is 9.59 Å². The summed E-state index contributed by atoms with van der Waals surface area (Å²) in [7, 11) is 0. The van der Waals surface area contributed by atoms with Gasteiger partial charge in [0.15, 0.2) is 0 Å². The first-order valence-corrected chi connectivity index (χ1v) is 7.07. The number of nitrogens with one attached hydrogen (secondary N) is 1. The number of benzene rings is 1. The lowest BCUT2D eigenvalue weighted by atomic mass is 9.82. The second kappa shape index (κ2) is 6.15. The van der Waals surface area contributed by atoms with Crippen molar-refractivity contribution in [1.29, 1.82) is 5.26 Å². The normalized spacial score (nSPS) is 16.2. The van der Waals surface area contributed by atoms with Crippen LogP contribution >= 0.6 is 11.6 Å². The lowest BCUT2D eigenvalue weighted by Gasteiger charge is -2.23. The van der Waals surface area contributed by atoms with E-state index in [1.54, 1.807) is 6.07 Å². The number of halogens is 1. The highest BCUT2D eigenvalue weighted by atomic mass is 35.5. The van der Waals surface area contributed by atoms with Crippen LogP contribution in [0.3, 0.4) is 0 Å².